The highest BCUT2D eigenvalue weighted by Gasteiger charge is 2.21. The van der Waals surface area contributed by atoms with Crippen LogP contribution in [0, 0.1) is 11.6 Å². The summed E-state index contributed by atoms with van der Waals surface area (Å²) >= 11 is 6.18. The van der Waals surface area contributed by atoms with Gasteiger partial charge in [0, 0.05) is 37.3 Å². The molecule has 180 valence electrons. The summed E-state index contributed by atoms with van der Waals surface area (Å²) in [5, 5.41) is 3.54. The topological polar surface area (TPSA) is 98.3 Å². The van der Waals surface area contributed by atoms with Crippen molar-refractivity contribution in [2.45, 2.75) is 0 Å². The van der Waals surface area contributed by atoms with E-state index in [0.29, 0.717) is 24.3 Å². The van der Waals surface area contributed by atoms with Gasteiger partial charge in [-0.1, -0.05) is 17.7 Å². The molecule has 35 heavy (non-hydrogen) atoms. The number of hydrogen-bond acceptors (Lipinski definition) is 7. The van der Waals surface area contributed by atoms with Gasteiger partial charge in [0.25, 0.3) is 5.56 Å². The van der Waals surface area contributed by atoms with E-state index in [1.807, 2.05) is 4.90 Å². The van der Waals surface area contributed by atoms with Crippen molar-refractivity contribution >= 4 is 34.1 Å². The Balaban J connectivity index is 1.65. The monoisotopic (exact) mass is 498 g/mol. The molecule has 1 aliphatic rings. The lowest BCUT2D eigenvalue weighted by Gasteiger charge is -2.29. The van der Waals surface area contributed by atoms with Crippen LogP contribution in [0.4, 0.5) is 20.3 Å². The average Bonchev–Trinajstić information content (AvgIpc) is 2.85. The fraction of sp³-hybridized carbons (Fsp3) is 0.208. The van der Waals surface area contributed by atoms with E-state index in [1.165, 1.54) is 37.4 Å². The Kier molecular flexibility index (Phi) is 6.00. The van der Waals surface area contributed by atoms with Gasteiger partial charge in [0.05, 0.1) is 21.7 Å². The fourth-order valence-corrected chi connectivity index (χ4v) is 4.49. The quantitative estimate of drug-likeness (QED) is 0.446. The van der Waals surface area contributed by atoms with Crippen LogP contribution in [0.25, 0.3) is 33.5 Å². The molecule has 0 unspecified atom stereocenters. The van der Waals surface area contributed by atoms with Gasteiger partial charge in [0.2, 0.25) is 0 Å². The summed E-state index contributed by atoms with van der Waals surface area (Å²) in [5.41, 5.74) is 6.32. The summed E-state index contributed by atoms with van der Waals surface area (Å²) in [6.45, 7) is 2.95. The molecule has 8 nitrogen and oxygen atoms in total. The van der Waals surface area contributed by atoms with E-state index in [-0.39, 0.29) is 38.8 Å². The molecule has 11 heteroatoms. The van der Waals surface area contributed by atoms with Crippen LogP contribution in [0.5, 0.6) is 0 Å². The second kappa shape index (κ2) is 9.12. The summed E-state index contributed by atoms with van der Waals surface area (Å²) in [5.74, 6) is -0.966. The maximum atomic E-state index is 15.0. The first-order chi connectivity index (χ1) is 16.9. The van der Waals surface area contributed by atoms with Gasteiger partial charge in [-0.2, -0.15) is 0 Å². The van der Waals surface area contributed by atoms with Crippen molar-refractivity contribution in [2.75, 3.05) is 43.9 Å². The van der Waals surface area contributed by atoms with Gasteiger partial charge >= 0.3 is 0 Å². The van der Waals surface area contributed by atoms with E-state index < -0.39 is 17.2 Å². The number of pyridine rings is 1. The molecule has 0 spiro atoms. The van der Waals surface area contributed by atoms with Crippen molar-refractivity contribution in [1.82, 2.24) is 20.0 Å². The van der Waals surface area contributed by atoms with Crippen LogP contribution in [0.3, 0.4) is 0 Å². The maximum absolute atomic E-state index is 15.0. The SMILES string of the molecule is COn1c(=O)c(-c2c(F)cccc2Cl)cc2c(N)nc(-c3ccc(N4CCNCC4)c(F)c3)nc21. The van der Waals surface area contributed by atoms with Crippen LogP contribution in [0.2, 0.25) is 5.02 Å². The first-order valence-corrected chi connectivity index (χ1v) is 11.2. The Morgan fingerprint density at radius 1 is 1.09 bits per heavy atom. The molecular formula is C24H21ClF2N6O2. The number of nitrogens with two attached hydrogens (primary N) is 1. The van der Waals surface area contributed by atoms with Crippen molar-refractivity contribution in [1.29, 1.82) is 0 Å². The molecule has 2 aromatic heterocycles. The van der Waals surface area contributed by atoms with Crippen LogP contribution in [-0.2, 0) is 0 Å². The fourth-order valence-electron chi connectivity index (χ4n) is 4.22. The van der Waals surface area contributed by atoms with E-state index in [4.69, 9.17) is 22.2 Å². The molecular weight excluding hydrogens is 478 g/mol. The van der Waals surface area contributed by atoms with E-state index in [2.05, 4.69) is 15.3 Å². The van der Waals surface area contributed by atoms with Crippen molar-refractivity contribution < 1.29 is 13.6 Å². The molecule has 3 N–H and O–H groups in total. The number of hydrogen-bond donors (Lipinski definition) is 2. The lowest BCUT2D eigenvalue weighted by molar-refractivity contribution is 0.168. The highest BCUT2D eigenvalue weighted by atomic mass is 35.5. The van der Waals surface area contributed by atoms with Gasteiger partial charge in [0.15, 0.2) is 11.5 Å². The van der Waals surface area contributed by atoms with Crippen LogP contribution < -0.4 is 26.3 Å². The van der Waals surface area contributed by atoms with Gasteiger partial charge in [0.1, 0.15) is 24.6 Å². The van der Waals surface area contributed by atoms with E-state index in [1.54, 1.807) is 12.1 Å². The second-order valence-electron chi connectivity index (χ2n) is 8.01. The molecule has 1 fully saturated rings. The molecule has 0 atom stereocenters. The van der Waals surface area contributed by atoms with Gasteiger partial charge < -0.3 is 20.8 Å². The molecule has 0 amide bonds. The van der Waals surface area contributed by atoms with Crippen molar-refractivity contribution in [3.63, 3.8) is 0 Å². The highest BCUT2D eigenvalue weighted by Crippen LogP contribution is 2.32. The van der Waals surface area contributed by atoms with Gasteiger partial charge in [-0.3, -0.25) is 4.79 Å². The molecule has 0 aliphatic carbocycles. The van der Waals surface area contributed by atoms with Gasteiger partial charge in [-0.25, -0.2) is 18.7 Å². The van der Waals surface area contributed by atoms with Crippen LogP contribution in [0.1, 0.15) is 0 Å². The predicted octanol–water partition coefficient (Wildman–Crippen LogP) is 3.11. The molecule has 0 radical (unpaired) electrons. The number of nitrogens with zero attached hydrogens (tertiary/aromatic N) is 4. The number of nitrogens with one attached hydrogen (secondary N) is 1. The molecule has 1 saturated heterocycles. The lowest BCUT2D eigenvalue weighted by atomic mass is 10.1. The van der Waals surface area contributed by atoms with E-state index in [9.17, 15) is 13.6 Å². The number of anilines is 2. The minimum absolute atomic E-state index is 0.0103. The highest BCUT2D eigenvalue weighted by molar-refractivity contribution is 6.33. The first kappa shape index (κ1) is 23.0. The summed E-state index contributed by atoms with van der Waals surface area (Å²) in [4.78, 5) is 29.2. The average molecular weight is 499 g/mol. The minimum Gasteiger partial charge on any atom is -0.412 e. The Morgan fingerprint density at radius 2 is 1.86 bits per heavy atom. The normalized spacial score (nSPS) is 13.9. The molecule has 0 bridgehead atoms. The summed E-state index contributed by atoms with van der Waals surface area (Å²) in [6, 6.07) is 10.2. The second-order valence-corrected chi connectivity index (χ2v) is 8.42. The van der Waals surface area contributed by atoms with E-state index in [0.717, 1.165) is 17.8 Å². The number of fused-ring (bicyclic) bond motifs is 1. The largest absolute Gasteiger partial charge is 0.412 e. The first-order valence-electron chi connectivity index (χ1n) is 10.9. The van der Waals surface area contributed by atoms with Crippen molar-refractivity contribution in [3.05, 3.63) is 69.5 Å². The maximum Gasteiger partial charge on any atom is 0.293 e. The minimum atomic E-state index is -0.684. The lowest BCUT2D eigenvalue weighted by Crippen LogP contribution is -2.43. The Bertz CT molecular complexity index is 1480. The number of piperazine rings is 1. The van der Waals surface area contributed by atoms with Crippen LogP contribution >= 0.6 is 11.6 Å². The van der Waals surface area contributed by atoms with Crippen molar-refractivity contribution in [3.8, 4) is 22.5 Å². The number of aromatic nitrogens is 3. The Morgan fingerprint density at radius 3 is 2.54 bits per heavy atom. The predicted molar refractivity (Wildman–Crippen MR) is 132 cm³/mol. The summed E-state index contributed by atoms with van der Waals surface area (Å²) in [7, 11) is 1.27. The summed E-state index contributed by atoms with van der Waals surface area (Å²) in [6.07, 6.45) is 0. The zero-order chi connectivity index (χ0) is 24.7. The third-order valence-electron chi connectivity index (χ3n) is 5.93. The number of nitrogen functional groups attached to an aromatic ring is 1. The van der Waals surface area contributed by atoms with Crippen molar-refractivity contribution in [2.24, 2.45) is 0 Å². The van der Waals surface area contributed by atoms with Gasteiger partial charge in [-0.05, 0) is 36.4 Å². The zero-order valence-electron chi connectivity index (χ0n) is 18.7. The third-order valence-corrected chi connectivity index (χ3v) is 6.24. The van der Waals surface area contributed by atoms with E-state index >= 15 is 0 Å². The number of benzene rings is 2. The number of rotatable bonds is 4. The Hall–Kier alpha value is -3.76. The smallest absolute Gasteiger partial charge is 0.293 e. The standard InChI is InChI=1S/C24H21ClF2N6O2/c1-35-33-23-15(12-14(24(33)34)20-16(25)3-2-4-17(20)26)21(28)30-22(31-23)13-5-6-19(18(27)11-13)32-9-7-29-8-10-32/h2-6,11-12,29H,7-10H2,1H3,(H2,28,30,31). The number of halogens is 3. The molecule has 3 heterocycles. The molecule has 4 aromatic rings. The molecule has 1 aliphatic heterocycles. The van der Waals surface area contributed by atoms with Crippen LogP contribution in [-0.4, -0.2) is 48.0 Å². The molecule has 5 rings (SSSR count). The van der Waals surface area contributed by atoms with Gasteiger partial charge in [-0.15, -0.1) is 4.73 Å². The summed E-state index contributed by atoms with van der Waals surface area (Å²) < 4.78 is 30.4. The zero-order valence-corrected chi connectivity index (χ0v) is 19.4. The molecule has 2 aromatic carbocycles. The third kappa shape index (κ3) is 4.04. The Labute approximate surface area is 203 Å². The van der Waals surface area contributed by atoms with Crippen LogP contribution in [0.15, 0.2) is 47.3 Å². The molecule has 0 saturated carbocycles.